The molecule has 0 spiro atoms. The molecule has 0 saturated carbocycles. The molecule has 23 heavy (non-hydrogen) atoms. The van der Waals surface area contributed by atoms with Crippen LogP contribution in [0.15, 0.2) is 53.9 Å². The summed E-state index contributed by atoms with van der Waals surface area (Å²) in [5.41, 5.74) is 5.63. The van der Waals surface area contributed by atoms with Crippen LogP contribution in [0.2, 0.25) is 0 Å². The zero-order chi connectivity index (χ0) is 16.0. The van der Waals surface area contributed by atoms with Crippen molar-refractivity contribution in [1.82, 2.24) is 0 Å². The van der Waals surface area contributed by atoms with Crippen molar-refractivity contribution in [3.63, 3.8) is 0 Å². The molecule has 0 aliphatic rings. The van der Waals surface area contributed by atoms with Crippen molar-refractivity contribution in [2.75, 3.05) is 0 Å². The van der Waals surface area contributed by atoms with E-state index in [1.54, 1.807) is 4.44 Å². The summed E-state index contributed by atoms with van der Waals surface area (Å²) in [6.45, 7) is 6.69. The molecule has 0 N–H and O–H groups in total. The van der Waals surface area contributed by atoms with Crippen LogP contribution in [0.25, 0.3) is 30.1 Å². The Morgan fingerprint density at radius 3 is 2.04 bits per heavy atom. The molecule has 0 radical (unpaired) electrons. The van der Waals surface area contributed by atoms with Crippen LogP contribution in [0, 0.1) is 20.8 Å². The summed E-state index contributed by atoms with van der Waals surface area (Å²) in [5, 5.41) is 5.05. The molecule has 0 unspecified atom stereocenters. The van der Waals surface area contributed by atoms with Gasteiger partial charge in [-0.2, -0.15) is 0 Å². The summed E-state index contributed by atoms with van der Waals surface area (Å²) < 4.78 is 3.09. The summed E-state index contributed by atoms with van der Waals surface area (Å²) >= 11 is 2.22. The van der Waals surface area contributed by atoms with Crippen LogP contribution in [0.3, 0.4) is 0 Å². The SMILES string of the molecule is Cc1cc(C)c(-c2[se]c(-c3cccs3)c3ccccc23)c(C)c1. The average Bonchev–Trinajstić information content (AvgIpc) is 3.14. The van der Waals surface area contributed by atoms with Crippen LogP contribution in [-0.2, 0) is 0 Å². The number of fused-ring (bicyclic) bond motifs is 1. The Bertz CT molecular complexity index is 967. The topological polar surface area (TPSA) is 0 Å². The molecule has 2 heteroatoms. The van der Waals surface area contributed by atoms with Gasteiger partial charge in [-0.05, 0) is 0 Å². The maximum absolute atomic E-state index is 2.32. The van der Waals surface area contributed by atoms with Gasteiger partial charge in [0.15, 0.2) is 0 Å². The zero-order valence-corrected chi connectivity index (χ0v) is 16.0. The van der Waals surface area contributed by atoms with Gasteiger partial charge < -0.3 is 0 Å². The molecule has 0 bridgehead atoms. The van der Waals surface area contributed by atoms with Crippen LogP contribution >= 0.6 is 11.3 Å². The quantitative estimate of drug-likeness (QED) is 0.362. The molecular formula is C21H18SSe. The molecule has 0 nitrogen and oxygen atoms in total. The predicted octanol–water partition coefficient (Wildman–Crippen LogP) is 6.22. The fourth-order valence-electron chi connectivity index (χ4n) is 3.41. The van der Waals surface area contributed by atoms with Gasteiger partial charge in [0.1, 0.15) is 0 Å². The van der Waals surface area contributed by atoms with E-state index in [1.165, 1.54) is 42.3 Å². The second-order valence-corrected chi connectivity index (χ2v) is 9.15. The third-order valence-corrected chi connectivity index (χ3v) is 8.12. The van der Waals surface area contributed by atoms with Gasteiger partial charge in [0.25, 0.3) is 0 Å². The van der Waals surface area contributed by atoms with E-state index in [1.807, 2.05) is 11.3 Å². The minimum atomic E-state index is 0.360. The van der Waals surface area contributed by atoms with Crippen molar-refractivity contribution in [3.8, 4) is 19.3 Å². The van der Waals surface area contributed by atoms with Crippen molar-refractivity contribution < 1.29 is 0 Å². The maximum atomic E-state index is 2.32. The molecule has 114 valence electrons. The number of benzene rings is 2. The minimum absolute atomic E-state index is 0.360. The molecule has 0 atom stereocenters. The van der Waals surface area contributed by atoms with E-state index in [-0.39, 0.29) is 0 Å². The second kappa shape index (κ2) is 5.79. The third-order valence-electron chi connectivity index (χ3n) is 4.27. The molecule has 2 aromatic carbocycles. The summed E-state index contributed by atoms with van der Waals surface area (Å²) in [6.07, 6.45) is 0. The van der Waals surface area contributed by atoms with Crippen LogP contribution in [0.4, 0.5) is 0 Å². The monoisotopic (exact) mass is 382 g/mol. The van der Waals surface area contributed by atoms with Gasteiger partial charge in [-0.1, -0.05) is 0 Å². The Morgan fingerprint density at radius 1 is 0.783 bits per heavy atom. The van der Waals surface area contributed by atoms with Crippen molar-refractivity contribution in [1.29, 1.82) is 0 Å². The van der Waals surface area contributed by atoms with E-state index in [2.05, 4.69) is 74.7 Å². The van der Waals surface area contributed by atoms with Crippen LogP contribution in [0.5, 0.6) is 0 Å². The van der Waals surface area contributed by atoms with Crippen LogP contribution in [0.1, 0.15) is 16.7 Å². The molecule has 4 aromatic rings. The van der Waals surface area contributed by atoms with Crippen molar-refractivity contribution in [2.24, 2.45) is 0 Å². The summed E-state index contributed by atoms with van der Waals surface area (Å²) in [7, 11) is 0. The zero-order valence-electron chi connectivity index (χ0n) is 13.5. The molecule has 2 aromatic heterocycles. The Balaban J connectivity index is 2.06. The third kappa shape index (κ3) is 2.52. The van der Waals surface area contributed by atoms with Crippen molar-refractivity contribution in [3.05, 3.63) is 70.6 Å². The van der Waals surface area contributed by atoms with E-state index in [0.29, 0.717) is 14.5 Å². The Kier molecular flexibility index (Phi) is 3.77. The van der Waals surface area contributed by atoms with E-state index >= 15 is 0 Å². The number of rotatable bonds is 2. The molecule has 0 saturated heterocycles. The first-order chi connectivity index (χ1) is 11.1. The van der Waals surface area contributed by atoms with Gasteiger partial charge in [-0.3, -0.25) is 0 Å². The van der Waals surface area contributed by atoms with E-state index < -0.39 is 0 Å². The van der Waals surface area contributed by atoms with Gasteiger partial charge in [-0.15, -0.1) is 0 Å². The summed E-state index contributed by atoms with van der Waals surface area (Å²) in [6, 6.07) is 18.0. The normalized spacial score (nSPS) is 11.3. The first kappa shape index (κ1) is 15.0. The van der Waals surface area contributed by atoms with Crippen molar-refractivity contribution >= 4 is 36.6 Å². The standard InChI is InChI=1S/C21H18SSe/c1-13-11-14(2)19(15(3)12-13)21-17-8-5-4-7-16(17)20(23-21)18-9-6-10-22-18/h4-12H,1-3H3. The molecule has 0 amide bonds. The number of thiophene rings is 1. The summed E-state index contributed by atoms with van der Waals surface area (Å²) in [5.74, 6) is 0. The molecule has 0 fully saturated rings. The molecule has 0 aliphatic carbocycles. The predicted molar refractivity (Wildman–Crippen MR) is 104 cm³/mol. The fourth-order valence-corrected chi connectivity index (χ4v) is 7.48. The summed E-state index contributed by atoms with van der Waals surface area (Å²) in [4.78, 5) is 1.43. The Labute approximate surface area is 147 Å². The van der Waals surface area contributed by atoms with Gasteiger partial charge in [-0.25, -0.2) is 0 Å². The van der Waals surface area contributed by atoms with E-state index in [0.717, 1.165) is 0 Å². The molecule has 4 rings (SSSR count). The van der Waals surface area contributed by atoms with Crippen LogP contribution < -0.4 is 0 Å². The molecule has 0 aliphatic heterocycles. The molecule has 2 heterocycles. The number of hydrogen-bond acceptors (Lipinski definition) is 1. The first-order valence-corrected chi connectivity index (χ1v) is 10.4. The van der Waals surface area contributed by atoms with E-state index in [4.69, 9.17) is 0 Å². The Hall–Kier alpha value is -1.60. The van der Waals surface area contributed by atoms with Crippen molar-refractivity contribution in [2.45, 2.75) is 20.8 Å². The van der Waals surface area contributed by atoms with Gasteiger partial charge in [0.05, 0.1) is 0 Å². The van der Waals surface area contributed by atoms with Gasteiger partial charge >= 0.3 is 147 Å². The number of aryl methyl sites for hydroxylation is 3. The number of hydrogen-bond donors (Lipinski definition) is 0. The Morgan fingerprint density at radius 2 is 1.43 bits per heavy atom. The fraction of sp³-hybridized carbons (Fsp3) is 0.143. The molecular weight excluding hydrogens is 363 g/mol. The van der Waals surface area contributed by atoms with Gasteiger partial charge in [0.2, 0.25) is 0 Å². The van der Waals surface area contributed by atoms with E-state index in [9.17, 15) is 0 Å². The van der Waals surface area contributed by atoms with Crippen LogP contribution in [-0.4, -0.2) is 14.5 Å². The average molecular weight is 381 g/mol. The second-order valence-electron chi connectivity index (χ2n) is 6.06. The van der Waals surface area contributed by atoms with Gasteiger partial charge in [0, 0.05) is 0 Å². The first-order valence-electron chi connectivity index (χ1n) is 7.79.